The van der Waals surface area contributed by atoms with Crippen LogP contribution in [0.3, 0.4) is 0 Å². The lowest BCUT2D eigenvalue weighted by atomic mass is 10.5. The van der Waals surface area contributed by atoms with Gasteiger partial charge in [-0.15, -0.1) is 18.5 Å². The molecule has 48 heavy (non-hydrogen) atoms. The van der Waals surface area contributed by atoms with Crippen molar-refractivity contribution in [2.75, 3.05) is 0 Å². The second-order valence-corrected chi connectivity index (χ2v) is 7.44. The third-order valence-corrected chi connectivity index (χ3v) is 4.29. The van der Waals surface area contributed by atoms with Crippen molar-refractivity contribution in [1.82, 2.24) is 61.9 Å². The van der Waals surface area contributed by atoms with Gasteiger partial charge < -0.3 is 49.9 Å². The number of nitrogens with zero attached hydrogens (tertiary/aromatic N) is 15. The summed E-state index contributed by atoms with van der Waals surface area (Å²) in [6.45, 7) is 4.57. The minimum absolute atomic E-state index is 0.0335. The number of aryl methyl sites for hydroxylation is 3. The number of H-pyrrole nitrogens is 1. The molecule has 0 spiro atoms. The molecule has 6 aromatic rings. The Morgan fingerprint density at radius 1 is 0.479 bits per heavy atom. The topological polar surface area (TPSA) is 445 Å². The molecule has 0 bridgehead atoms. The highest BCUT2D eigenvalue weighted by atomic mass is 16.7. The zero-order chi connectivity index (χ0) is 35.4. The Morgan fingerprint density at radius 3 is 1.10 bits per heavy atom. The van der Waals surface area contributed by atoms with Gasteiger partial charge >= 0.3 is 46.5 Å². The highest BCUT2D eigenvalue weighted by molar-refractivity contribution is 5.37. The number of aromatic nitrogens is 12. The number of hydrogen-bond acceptors (Lipinski definition) is 28. The summed E-state index contributed by atoms with van der Waals surface area (Å²) in [7, 11) is 0. The molecule has 0 aliphatic carbocycles. The molecule has 0 atom stereocenters. The Morgan fingerprint density at radius 2 is 0.833 bits per heavy atom. The highest BCUT2D eigenvalue weighted by Gasteiger charge is 2.31. The molecule has 0 aromatic carbocycles. The molecule has 0 amide bonds. The molecule has 0 fully saturated rings. The van der Waals surface area contributed by atoms with E-state index in [2.05, 4.69) is 89.2 Å². The normalized spacial score (nSPS) is 9.90. The van der Waals surface area contributed by atoms with Crippen molar-refractivity contribution in [2.45, 2.75) is 20.8 Å². The summed E-state index contributed by atoms with van der Waals surface area (Å²) in [5, 5.41) is 77.5. The molecular weight excluding hydrogens is 676 g/mol. The number of nitrogens with one attached hydrogen (secondary N) is 1. The third kappa shape index (κ3) is 8.93. The summed E-state index contributed by atoms with van der Waals surface area (Å²) >= 11 is 0. The van der Waals surface area contributed by atoms with E-state index in [0.717, 1.165) is 0 Å². The molecule has 0 saturated carbocycles. The smallest absolute Gasteiger partial charge is 0.406 e. The van der Waals surface area contributed by atoms with Crippen LogP contribution >= 0.6 is 0 Å². The maximum absolute atomic E-state index is 10.4. The van der Waals surface area contributed by atoms with E-state index in [9.17, 15) is 45.3 Å². The van der Waals surface area contributed by atoms with Gasteiger partial charge in [-0.05, 0) is 50.8 Å². The number of rotatable bonds is 8. The quantitative estimate of drug-likeness (QED) is 0.168. The van der Waals surface area contributed by atoms with Gasteiger partial charge in [0.1, 0.15) is 11.4 Å². The molecule has 33 heteroatoms. The van der Waals surface area contributed by atoms with Crippen LogP contribution in [0, 0.1) is 61.2 Å². The van der Waals surface area contributed by atoms with E-state index < -0.39 is 54.8 Å². The summed E-state index contributed by atoms with van der Waals surface area (Å²) < 4.78 is 34.3. The molecule has 0 saturated heterocycles. The van der Waals surface area contributed by atoms with Gasteiger partial charge in [-0.3, -0.25) is 9.42 Å². The SMILES string of the molecule is Cc1no[nH]c1=O.Cc1nonc1Oc1nonc1[N+](=O)[O-].Cc1nonc1[N+](=O)[O-].O=[N+]([O-])c1nonc1Oc1nonc1[N+](=O)[O-]. The fourth-order valence-corrected chi connectivity index (χ4v) is 2.20. The van der Waals surface area contributed by atoms with Crippen molar-refractivity contribution in [1.29, 1.82) is 0 Å². The molecule has 252 valence electrons. The van der Waals surface area contributed by atoms with Crippen molar-refractivity contribution in [3.63, 3.8) is 0 Å². The summed E-state index contributed by atoms with van der Waals surface area (Å²) in [4.78, 5) is 48.0. The number of nitro groups is 4. The third-order valence-electron chi connectivity index (χ3n) is 4.29. The zero-order valence-corrected chi connectivity index (χ0v) is 23.1. The molecular formula is C15H10N16O17. The maximum Gasteiger partial charge on any atom is 0.478 e. The largest absolute Gasteiger partial charge is 0.478 e. The van der Waals surface area contributed by atoms with Crippen LogP contribution in [0.25, 0.3) is 0 Å². The van der Waals surface area contributed by atoms with Gasteiger partial charge in [0, 0.05) is 15.5 Å². The average molecular weight is 686 g/mol. The van der Waals surface area contributed by atoms with Crippen molar-refractivity contribution in [3.05, 3.63) is 67.9 Å². The van der Waals surface area contributed by atoms with Gasteiger partial charge in [0.2, 0.25) is 0 Å². The first-order valence-electron chi connectivity index (χ1n) is 11.3. The molecule has 1 N–H and O–H groups in total. The Balaban J connectivity index is 0.000000183. The highest BCUT2D eigenvalue weighted by Crippen LogP contribution is 2.30. The number of hydrogen-bond donors (Lipinski definition) is 1. The van der Waals surface area contributed by atoms with Crippen molar-refractivity contribution >= 4 is 23.3 Å². The van der Waals surface area contributed by atoms with Crippen LogP contribution in [0.5, 0.6) is 23.5 Å². The van der Waals surface area contributed by atoms with Gasteiger partial charge in [-0.1, -0.05) is 10.3 Å². The summed E-state index contributed by atoms with van der Waals surface area (Å²) in [5.74, 6) is -4.52. The fraction of sp³-hybridized carbons (Fsp3) is 0.200. The van der Waals surface area contributed by atoms with Crippen LogP contribution < -0.4 is 15.0 Å². The molecule has 6 aromatic heterocycles. The van der Waals surface area contributed by atoms with Crippen molar-refractivity contribution in [2.24, 2.45) is 0 Å². The van der Waals surface area contributed by atoms with Crippen LogP contribution in [-0.4, -0.2) is 81.6 Å². The van der Waals surface area contributed by atoms with E-state index in [-0.39, 0.29) is 23.0 Å². The Bertz CT molecular complexity index is 2000. The predicted octanol–water partition coefficient (Wildman–Crippen LogP) is 0.480. The van der Waals surface area contributed by atoms with Crippen molar-refractivity contribution in [3.8, 4) is 23.5 Å². The lowest BCUT2D eigenvalue weighted by Gasteiger charge is -1.93. The van der Waals surface area contributed by atoms with E-state index >= 15 is 0 Å². The van der Waals surface area contributed by atoms with Crippen LogP contribution in [0.1, 0.15) is 17.1 Å². The standard InChI is InChI=1S/C5H3N5O5.C4N6O7.C3H3N3O3.C3H4N2O2/c1-2-4(8-14-6-2)13-5-3(10(11)12)7-15-9-5;11-9(12)1-3(7-16-5-1)15-4-2(10(13)14)6-17-8-4;1-2-3(6(7)8)5-9-4-2;1-2-3(6)5-7-4-2/h1H3;;1H3;1H3,(H,5,6). The predicted molar refractivity (Wildman–Crippen MR) is 130 cm³/mol. The van der Waals surface area contributed by atoms with E-state index in [1.165, 1.54) is 6.92 Å². The zero-order valence-electron chi connectivity index (χ0n) is 23.1. The van der Waals surface area contributed by atoms with Gasteiger partial charge in [0.25, 0.3) is 5.88 Å². The van der Waals surface area contributed by atoms with Gasteiger partial charge in [0.05, 0.1) is 0 Å². The Labute approximate surface area is 255 Å². The first-order chi connectivity index (χ1) is 22.8. The average Bonchev–Trinajstić information content (AvgIpc) is 3.87. The Hall–Kier alpha value is -8.16. The van der Waals surface area contributed by atoms with E-state index in [4.69, 9.17) is 4.74 Å². The molecule has 0 radical (unpaired) electrons. The molecule has 0 aliphatic rings. The molecule has 6 heterocycles. The maximum atomic E-state index is 10.4. The lowest BCUT2D eigenvalue weighted by molar-refractivity contribution is -0.393. The number of aromatic amines is 1. The molecule has 0 unspecified atom stereocenters. The molecule has 0 aliphatic heterocycles. The summed E-state index contributed by atoms with van der Waals surface area (Å²) in [6, 6.07) is 0. The summed E-state index contributed by atoms with van der Waals surface area (Å²) in [5.41, 5.74) is 0.618. The van der Waals surface area contributed by atoms with E-state index in [0.29, 0.717) is 11.4 Å². The second kappa shape index (κ2) is 15.5. The van der Waals surface area contributed by atoms with Crippen LogP contribution in [0.2, 0.25) is 0 Å². The number of ether oxygens (including phenoxy) is 2. The minimum Gasteiger partial charge on any atom is -0.406 e. The summed E-state index contributed by atoms with van der Waals surface area (Å²) in [6.07, 6.45) is 0. The lowest BCUT2D eigenvalue weighted by Crippen LogP contribution is -1.99. The van der Waals surface area contributed by atoms with E-state index in [1.54, 1.807) is 13.8 Å². The molecule has 6 rings (SSSR count). The Kier molecular flexibility index (Phi) is 11.1. The van der Waals surface area contributed by atoms with Gasteiger partial charge in [-0.2, -0.15) is 5.16 Å². The first kappa shape index (κ1) is 34.3. The van der Waals surface area contributed by atoms with Crippen LogP contribution in [0.4, 0.5) is 23.3 Å². The first-order valence-corrected chi connectivity index (χ1v) is 11.3. The minimum atomic E-state index is -0.953. The van der Waals surface area contributed by atoms with Gasteiger partial charge in [0.15, 0.2) is 26.3 Å². The molecule has 33 nitrogen and oxygen atoms in total. The monoisotopic (exact) mass is 686 g/mol. The fourth-order valence-electron chi connectivity index (χ4n) is 2.20. The van der Waals surface area contributed by atoms with Gasteiger partial charge in [-0.25, -0.2) is 4.63 Å². The van der Waals surface area contributed by atoms with Crippen LogP contribution in [0.15, 0.2) is 32.6 Å². The van der Waals surface area contributed by atoms with Crippen LogP contribution in [-0.2, 0) is 0 Å². The van der Waals surface area contributed by atoms with Crippen molar-refractivity contribution < 1.29 is 56.9 Å². The second-order valence-electron chi connectivity index (χ2n) is 7.44. The van der Waals surface area contributed by atoms with E-state index in [1.807, 2.05) is 5.16 Å².